The van der Waals surface area contributed by atoms with Gasteiger partial charge in [0.1, 0.15) is 116 Å². The van der Waals surface area contributed by atoms with Gasteiger partial charge in [-0.25, -0.2) is 0 Å². The Labute approximate surface area is 544 Å². The molecule has 9 rings (SSSR count). The maximum atomic E-state index is 12.4. The highest BCUT2D eigenvalue weighted by Gasteiger charge is 2.57. The molecule has 5 aliphatic heterocycles. The van der Waals surface area contributed by atoms with Gasteiger partial charge in [-0.1, -0.05) is 146 Å². The zero-order valence-corrected chi connectivity index (χ0v) is 51.8. The molecule has 5 aliphatic rings. The van der Waals surface area contributed by atoms with Crippen molar-refractivity contribution in [3.05, 3.63) is 168 Å². The molecular formula is C68H85N5O21. The number of nitrogens with two attached hydrogens (primary N) is 1. The molecule has 0 spiro atoms. The van der Waals surface area contributed by atoms with E-state index in [2.05, 4.69) is 20.0 Å². The monoisotopic (exact) mass is 1310 g/mol. The van der Waals surface area contributed by atoms with Crippen molar-refractivity contribution >= 4 is 49.2 Å². The zero-order valence-electron chi connectivity index (χ0n) is 51.8. The molecule has 508 valence electrons. The summed E-state index contributed by atoms with van der Waals surface area (Å²) in [5, 5.41) is 115. The second-order valence-electron chi connectivity index (χ2n) is 22.7. The highest BCUT2D eigenvalue weighted by molar-refractivity contribution is 5.80. The van der Waals surface area contributed by atoms with Gasteiger partial charge in [-0.2, -0.15) is 0 Å². The molecule has 26 nitrogen and oxygen atoms in total. The Morgan fingerprint density at radius 1 is 0.340 bits per heavy atom. The molecule has 4 aromatic carbocycles. The summed E-state index contributed by atoms with van der Waals surface area (Å²) in [5.74, 6) is 0. The third kappa shape index (κ3) is 18.2. The molecular weight excluding hydrogens is 1220 g/mol. The molecule has 5 heterocycles. The molecule has 0 amide bonds. The maximum absolute atomic E-state index is 12.4. The number of rotatable bonds is 27. The van der Waals surface area contributed by atoms with Crippen LogP contribution in [0.5, 0.6) is 0 Å². The van der Waals surface area contributed by atoms with Gasteiger partial charge in [0.25, 0.3) is 0 Å². The molecule has 5 fully saturated rings. The molecule has 12 N–H and O–H groups in total. The predicted octanol–water partition coefficient (Wildman–Crippen LogP) is 0.518. The van der Waals surface area contributed by atoms with Crippen molar-refractivity contribution in [2.24, 2.45) is 25.7 Å². The molecule has 94 heavy (non-hydrogen) atoms. The molecule has 4 aromatic rings. The van der Waals surface area contributed by atoms with E-state index in [9.17, 15) is 51.1 Å². The van der Waals surface area contributed by atoms with E-state index in [-0.39, 0.29) is 0 Å². The van der Waals surface area contributed by atoms with Crippen LogP contribution in [-0.4, -0.2) is 276 Å². The van der Waals surface area contributed by atoms with E-state index < -0.39 is 186 Å². The largest absolute Gasteiger partial charge is 0.394 e. The van der Waals surface area contributed by atoms with Crippen LogP contribution in [-0.2, 0) is 52.1 Å². The number of aliphatic imine (C=N–C) groups is 4. The number of hydrogen-bond acceptors (Lipinski definition) is 26. The van der Waals surface area contributed by atoms with Crippen molar-refractivity contribution in [3.8, 4) is 0 Å². The number of aliphatic hydroxyl groups excluding tert-OH is 10. The van der Waals surface area contributed by atoms with Gasteiger partial charge in [0.2, 0.25) is 0 Å². The first-order valence-corrected chi connectivity index (χ1v) is 31.0. The fourth-order valence-corrected chi connectivity index (χ4v) is 11.6. The number of allylic oxidation sites excluding steroid dienone is 4. The van der Waals surface area contributed by atoms with Crippen LogP contribution in [0, 0.1) is 0 Å². The maximum Gasteiger partial charge on any atom is 0.183 e. The van der Waals surface area contributed by atoms with E-state index in [0.717, 1.165) is 22.3 Å². The SMILES string of the molecule is COC1OC(CO)C(OC2OC(CO)C(OC3OC(CO)C(OC4OC(CO)C(OC5OC(CO)C(OC)C(O)C5N=C/C=C/c5ccccc5)C(O)C4N=C/C=C/c4ccccc4)C(O)C3N)C(O)C2N=C/C=C/c2ccccc2)C(O)C1N=C/C=C/c1ccccc1. The third-order valence-corrected chi connectivity index (χ3v) is 16.6. The average molecular weight is 1310 g/mol. The molecule has 26 heteroatoms. The number of hydrogen-bond donors (Lipinski definition) is 11. The van der Waals surface area contributed by atoms with Crippen LogP contribution in [0.25, 0.3) is 24.3 Å². The van der Waals surface area contributed by atoms with Gasteiger partial charge >= 0.3 is 0 Å². The number of nitrogens with zero attached hydrogens (tertiary/aromatic N) is 4. The topological polar surface area (TPSA) is 379 Å². The second kappa shape index (κ2) is 36.1. The first-order chi connectivity index (χ1) is 45.8. The first kappa shape index (κ1) is 71.9. The summed E-state index contributed by atoms with van der Waals surface area (Å²) in [5.41, 5.74) is 10.1. The van der Waals surface area contributed by atoms with Crippen LogP contribution in [0.3, 0.4) is 0 Å². The van der Waals surface area contributed by atoms with Gasteiger partial charge in [0.15, 0.2) is 31.5 Å². The standard InChI is InChI=1S/C68H85N5O21/c1-84-59-44(35-74)88-66(51(55(59)80)71-32-16-28-41-21-9-4-10-22-41)94-63-48(39-78)90-67(53(58(63)83)73-34-18-30-43-25-13-6-14-26-43)92-60-45(36-75)86-64(49(69)54(60)79)91-61-47(38-77)89-68(52(57(61)82)72-33-17-29-42-23-11-5-12-24-42)93-62-46(37-76)87-65(85-2)50(56(62)81)70-31-15-27-40-19-7-3-8-20-40/h3-34,44-68,74-83H,35-39,69H2,1-2H3/b27-15+,28-16+,29-17+,30-18+,70-31?,71-32?,72-33?,73-34?. The highest BCUT2D eigenvalue weighted by Crippen LogP contribution is 2.38. The minimum Gasteiger partial charge on any atom is -0.394 e. The molecule has 5 saturated heterocycles. The summed E-state index contributed by atoms with van der Waals surface area (Å²) >= 11 is 0. The molecule has 0 saturated carbocycles. The van der Waals surface area contributed by atoms with Gasteiger partial charge in [-0.15, -0.1) is 0 Å². The summed E-state index contributed by atoms with van der Waals surface area (Å²) in [7, 11) is 2.69. The fourth-order valence-electron chi connectivity index (χ4n) is 11.6. The summed E-state index contributed by atoms with van der Waals surface area (Å²) in [6.45, 7) is -3.77. The normalized spacial score (nSPS) is 37.0. The number of methoxy groups -OCH3 is 2. The first-order valence-electron chi connectivity index (χ1n) is 31.0. The van der Waals surface area contributed by atoms with E-state index >= 15 is 0 Å². The Morgan fingerprint density at radius 2 is 0.585 bits per heavy atom. The number of benzene rings is 4. The summed E-state index contributed by atoms with van der Waals surface area (Å²) in [6.07, 6.45) is -10.5. The Morgan fingerprint density at radius 3 is 0.872 bits per heavy atom. The van der Waals surface area contributed by atoms with Crippen LogP contribution in [0.2, 0.25) is 0 Å². The van der Waals surface area contributed by atoms with Crippen molar-refractivity contribution < 1.29 is 103 Å². The Hall–Kier alpha value is -6.36. The van der Waals surface area contributed by atoms with Crippen LogP contribution in [0.4, 0.5) is 0 Å². The lowest BCUT2D eigenvalue weighted by Crippen LogP contribution is -2.69. The minimum atomic E-state index is -1.80. The lowest BCUT2D eigenvalue weighted by Gasteiger charge is -2.50. The Bertz CT molecular complexity index is 3120. The van der Waals surface area contributed by atoms with E-state index in [4.69, 9.17) is 57.8 Å². The smallest absolute Gasteiger partial charge is 0.183 e. The summed E-state index contributed by atoms with van der Waals surface area (Å²) in [6, 6.07) is 30.5. The van der Waals surface area contributed by atoms with Gasteiger partial charge in [-0.05, 0) is 46.6 Å². The van der Waals surface area contributed by atoms with Gasteiger partial charge < -0.3 is 109 Å². The molecule has 25 atom stereocenters. The lowest BCUT2D eigenvalue weighted by molar-refractivity contribution is -0.364. The van der Waals surface area contributed by atoms with Crippen LogP contribution >= 0.6 is 0 Å². The van der Waals surface area contributed by atoms with Crippen molar-refractivity contribution in [3.63, 3.8) is 0 Å². The quantitative estimate of drug-likeness (QED) is 0.0363. The molecule has 0 bridgehead atoms. The van der Waals surface area contributed by atoms with Crippen LogP contribution < -0.4 is 5.73 Å². The summed E-state index contributed by atoms with van der Waals surface area (Å²) in [4.78, 5) is 18.3. The van der Waals surface area contributed by atoms with Crippen molar-refractivity contribution in [2.75, 3.05) is 47.3 Å². The predicted molar refractivity (Wildman–Crippen MR) is 345 cm³/mol. The molecule has 0 aromatic heterocycles. The average Bonchev–Trinajstić information content (AvgIpc) is 0.875. The number of aliphatic hydroxyl groups is 10. The molecule has 25 unspecified atom stereocenters. The molecule has 0 radical (unpaired) electrons. The van der Waals surface area contributed by atoms with E-state index in [0.29, 0.717) is 0 Å². The van der Waals surface area contributed by atoms with E-state index in [1.807, 2.05) is 121 Å². The van der Waals surface area contributed by atoms with E-state index in [1.165, 1.54) is 39.1 Å². The van der Waals surface area contributed by atoms with E-state index in [1.54, 1.807) is 48.6 Å². The van der Waals surface area contributed by atoms with Gasteiger partial charge in [-0.3, -0.25) is 20.0 Å². The number of ether oxygens (including phenoxy) is 11. The highest BCUT2D eigenvalue weighted by atomic mass is 16.8. The van der Waals surface area contributed by atoms with Gasteiger partial charge in [0, 0.05) is 39.1 Å². The van der Waals surface area contributed by atoms with Crippen molar-refractivity contribution in [2.45, 2.75) is 153 Å². The second-order valence-corrected chi connectivity index (χ2v) is 22.7. The fraction of sp³-hybridized carbons (Fsp3) is 0.471. The van der Waals surface area contributed by atoms with Crippen molar-refractivity contribution in [1.82, 2.24) is 0 Å². The van der Waals surface area contributed by atoms with Crippen LogP contribution in [0.15, 0.2) is 166 Å². The lowest BCUT2D eigenvalue weighted by atomic mass is 9.93. The van der Waals surface area contributed by atoms with Crippen LogP contribution in [0.1, 0.15) is 22.3 Å². The zero-order chi connectivity index (χ0) is 66.5. The Balaban J connectivity index is 0.947. The van der Waals surface area contributed by atoms with Gasteiger partial charge in [0.05, 0.1) is 39.1 Å². The Kier molecular flexibility index (Phi) is 27.6. The third-order valence-electron chi connectivity index (χ3n) is 16.6. The minimum absolute atomic E-state index is 0.609. The van der Waals surface area contributed by atoms with Crippen molar-refractivity contribution in [1.29, 1.82) is 0 Å². The molecule has 0 aliphatic carbocycles. The summed E-state index contributed by atoms with van der Waals surface area (Å²) < 4.78 is 67.9.